The van der Waals surface area contributed by atoms with E-state index in [0.717, 1.165) is 12.6 Å². The fourth-order valence-corrected chi connectivity index (χ4v) is 6.02. The van der Waals surface area contributed by atoms with E-state index in [-0.39, 0.29) is 35.5 Å². The first kappa shape index (κ1) is 24.8. The molecule has 0 spiro atoms. The molecular weight excluding hydrogens is 462 g/mol. The van der Waals surface area contributed by atoms with E-state index in [4.69, 9.17) is 4.74 Å². The van der Waals surface area contributed by atoms with Crippen LogP contribution in [0.15, 0.2) is 23.1 Å². The van der Waals surface area contributed by atoms with Crippen LogP contribution in [0.4, 0.5) is 11.4 Å². The fraction of sp³-hybridized carbons (Fsp3) is 0.682. The molecule has 3 aliphatic rings. The molecule has 2 saturated heterocycles. The molecule has 4 rings (SSSR count). The van der Waals surface area contributed by atoms with Crippen molar-refractivity contribution in [3.05, 3.63) is 28.3 Å². The van der Waals surface area contributed by atoms with E-state index in [1.807, 2.05) is 4.90 Å². The van der Waals surface area contributed by atoms with Gasteiger partial charge in [-0.15, -0.1) is 0 Å². The quantitative estimate of drug-likeness (QED) is 0.398. The molecule has 0 radical (unpaired) electrons. The minimum atomic E-state index is -3.83. The van der Waals surface area contributed by atoms with Crippen LogP contribution in [-0.4, -0.2) is 94.0 Å². The van der Waals surface area contributed by atoms with Crippen molar-refractivity contribution in [3.63, 3.8) is 0 Å². The van der Waals surface area contributed by atoms with Crippen LogP contribution in [-0.2, 0) is 19.6 Å². The van der Waals surface area contributed by atoms with E-state index < -0.39 is 14.9 Å². The lowest BCUT2D eigenvalue weighted by Crippen LogP contribution is -2.42. The zero-order valence-electron chi connectivity index (χ0n) is 19.5. The van der Waals surface area contributed by atoms with Crippen LogP contribution in [0.25, 0.3) is 0 Å². The summed E-state index contributed by atoms with van der Waals surface area (Å²) in [6, 6.07) is 4.75. The Hall–Kier alpha value is -2.28. The smallest absolute Gasteiger partial charge is 0.293 e. The highest BCUT2D eigenvalue weighted by atomic mass is 32.2. The van der Waals surface area contributed by atoms with Crippen molar-refractivity contribution >= 4 is 27.3 Å². The van der Waals surface area contributed by atoms with Crippen molar-refractivity contribution < 1.29 is 22.9 Å². The summed E-state index contributed by atoms with van der Waals surface area (Å²) in [5.74, 6) is -0.0900. The molecule has 0 aromatic heterocycles. The summed E-state index contributed by atoms with van der Waals surface area (Å²) in [6.07, 6.45) is 3.65. The summed E-state index contributed by atoms with van der Waals surface area (Å²) in [5, 5.41) is 14.8. The van der Waals surface area contributed by atoms with Crippen molar-refractivity contribution in [3.8, 4) is 0 Å². The van der Waals surface area contributed by atoms with Crippen molar-refractivity contribution in [1.29, 1.82) is 0 Å². The maximum Gasteiger partial charge on any atom is 0.293 e. The van der Waals surface area contributed by atoms with Crippen molar-refractivity contribution in [1.82, 2.24) is 14.5 Å². The van der Waals surface area contributed by atoms with Gasteiger partial charge >= 0.3 is 0 Å². The first-order valence-corrected chi connectivity index (χ1v) is 13.3. The molecule has 1 saturated carbocycles. The number of nitrogens with zero attached hydrogens (tertiary/aromatic N) is 4. The van der Waals surface area contributed by atoms with Crippen LogP contribution in [0.1, 0.15) is 25.7 Å². The number of carbonyl (C=O) groups excluding carboxylic acids is 1. The van der Waals surface area contributed by atoms with E-state index in [2.05, 4.69) is 17.3 Å². The number of nitro benzene ring substituents is 1. The minimum Gasteiger partial charge on any atom is -0.379 e. The van der Waals surface area contributed by atoms with Crippen molar-refractivity contribution in [2.75, 3.05) is 64.4 Å². The summed E-state index contributed by atoms with van der Waals surface area (Å²) >= 11 is 0. The van der Waals surface area contributed by atoms with E-state index in [0.29, 0.717) is 57.4 Å². The van der Waals surface area contributed by atoms with E-state index >= 15 is 0 Å². The van der Waals surface area contributed by atoms with Gasteiger partial charge in [-0.3, -0.25) is 14.9 Å². The summed E-state index contributed by atoms with van der Waals surface area (Å²) in [6.45, 7) is 3.51. The monoisotopic (exact) mass is 495 g/mol. The number of rotatable bonds is 9. The maximum atomic E-state index is 12.9. The average Bonchev–Trinajstić information content (AvgIpc) is 3.70. The topological polar surface area (TPSA) is 125 Å². The van der Waals surface area contributed by atoms with Gasteiger partial charge < -0.3 is 19.9 Å². The number of piperidine rings is 1. The Balaban J connectivity index is 1.37. The number of morpholine rings is 1. The van der Waals surface area contributed by atoms with Crippen molar-refractivity contribution in [2.45, 2.75) is 36.6 Å². The average molecular weight is 496 g/mol. The molecule has 1 aliphatic carbocycles. The molecule has 12 heteroatoms. The van der Waals surface area contributed by atoms with Gasteiger partial charge in [-0.25, -0.2) is 8.42 Å². The Bertz CT molecular complexity index is 1000. The highest BCUT2D eigenvalue weighted by molar-refractivity contribution is 7.89. The summed E-state index contributed by atoms with van der Waals surface area (Å²) < 4.78 is 32.3. The summed E-state index contributed by atoms with van der Waals surface area (Å²) in [4.78, 5) is 27.9. The standard InChI is InChI=1S/C22H33N5O6S/c1-24(18-2-3-18)11-8-23-22(28)17-6-9-25(10-7-17)20-5-4-19(16-21(20)27(29)30)34(31,32)26-12-14-33-15-13-26/h4-5,16-18H,2-3,6-15H2,1H3,(H,23,28). The number of nitro groups is 1. The third-order valence-electron chi connectivity index (χ3n) is 6.89. The third kappa shape index (κ3) is 5.68. The molecule has 1 N–H and O–H groups in total. The van der Waals surface area contributed by atoms with Crippen LogP contribution >= 0.6 is 0 Å². The lowest BCUT2D eigenvalue weighted by Gasteiger charge is -2.33. The Morgan fingerprint density at radius 3 is 2.47 bits per heavy atom. The van der Waals surface area contributed by atoms with Gasteiger partial charge in [0.2, 0.25) is 15.9 Å². The van der Waals surface area contributed by atoms with Gasteiger partial charge in [0.25, 0.3) is 5.69 Å². The zero-order chi connectivity index (χ0) is 24.3. The molecule has 1 amide bonds. The molecule has 188 valence electrons. The molecule has 2 heterocycles. The second kappa shape index (κ2) is 10.5. The molecule has 0 bridgehead atoms. The van der Waals surface area contributed by atoms with Gasteiger partial charge in [0.15, 0.2) is 0 Å². The molecule has 11 nitrogen and oxygen atoms in total. The van der Waals surface area contributed by atoms with Gasteiger partial charge in [0.05, 0.1) is 23.0 Å². The van der Waals surface area contributed by atoms with Crippen molar-refractivity contribution in [2.24, 2.45) is 5.92 Å². The number of hydrogen-bond acceptors (Lipinski definition) is 8. The minimum absolute atomic E-state index is 0.0327. The van der Waals surface area contributed by atoms with Crippen LogP contribution in [0.2, 0.25) is 0 Å². The SMILES string of the molecule is CN(CCNC(=O)C1CCN(c2ccc(S(=O)(=O)N3CCOCC3)cc2[N+](=O)[O-])CC1)C1CC1. The molecule has 2 aliphatic heterocycles. The largest absolute Gasteiger partial charge is 0.379 e. The van der Waals surface area contributed by atoms with Gasteiger partial charge in [0, 0.05) is 57.3 Å². The number of carbonyl (C=O) groups is 1. The van der Waals surface area contributed by atoms with Gasteiger partial charge in [-0.2, -0.15) is 4.31 Å². The first-order valence-electron chi connectivity index (χ1n) is 11.9. The number of amides is 1. The number of ether oxygens (including phenoxy) is 1. The van der Waals surface area contributed by atoms with Crippen LogP contribution in [0.5, 0.6) is 0 Å². The van der Waals surface area contributed by atoms with Crippen LogP contribution in [0, 0.1) is 16.0 Å². The second-order valence-electron chi connectivity index (χ2n) is 9.19. The third-order valence-corrected chi connectivity index (χ3v) is 8.79. The first-order chi connectivity index (χ1) is 16.3. The molecule has 0 unspecified atom stereocenters. The van der Waals surface area contributed by atoms with Crippen LogP contribution < -0.4 is 10.2 Å². The molecule has 1 aromatic rings. The van der Waals surface area contributed by atoms with Gasteiger partial charge in [-0.05, 0) is 44.9 Å². The molecule has 34 heavy (non-hydrogen) atoms. The number of nitrogens with one attached hydrogen (secondary N) is 1. The lowest BCUT2D eigenvalue weighted by molar-refractivity contribution is -0.384. The molecule has 0 atom stereocenters. The Kier molecular flexibility index (Phi) is 7.70. The lowest BCUT2D eigenvalue weighted by atomic mass is 9.95. The number of sulfonamides is 1. The predicted octanol–water partition coefficient (Wildman–Crippen LogP) is 1.04. The molecule has 3 fully saturated rings. The fourth-order valence-electron chi connectivity index (χ4n) is 4.59. The number of hydrogen-bond donors (Lipinski definition) is 1. The van der Waals surface area contributed by atoms with Gasteiger partial charge in [-0.1, -0.05) is 0 Å². The second-order valence-corrected chi connectivity index (χ2v) is 11.1. The van der Waals surface area contributed by atoms with E-state index in [9.17, 15) is 23.3 Å². The zero-order valence-corrected chi connectivity index (χ0v) is 20.3. The van der Waals surface area contributed by atoms with E-state index in [1.54, 1.807) is 0 Å². The normalized spacial score (nSPS) is 20.5. The number of anilines is 1. The Morgan fingerprint density at radius 2 is 1.85 bits per heavy atom. The molecule has 1 aromatic carbocycles. The predicted molar refractivity (Wildman–Crippen MR) is 126 cm³/mol. The number of benzene rings is 1. The summed E-state index contributed by atoms with van der Waals surface area (Å²) in [7, 11) is -1.75. The Labute approximate surface area is 200 Å². The highest BCUT2D eigenvalue weighted by Gasteiger charge is 2.32. The molecular formula is C22H33N5O6S. The maximum absolute atomic E-state index is 12.9. The van der Waals surface area contributed by atoms with Gasteiger partial charge in [0.1, 0.15) is 5.69 Å². The Morgan fingerprint density at radius 1 is 1.18 bits per heavy atom. The van der Waals surface area contributed by atoms with Crippen LogP contribution in [0.3, 0.4) is 0 Å². The summed E-state index contributed by atoms with van der Waals surface area (Å²) in [5.41, 5.74) is 0.149. The highest BCUT2D eigenvalue weighted by Crippen LogP contribution is 2.34. The van der Waals surface area contributed by atoms with E-state index in [1.165, 1.54) is 29.3 Å². The number of likely N-dealkylation sites (N-methyl/N-ethyl adjacent to an activating group) is 1.